The molecule has 0 unspecified atom stereocenters. The van der Waals surface area contributed by atoms with Gasteiger partial charge in [0, 0.05) is 22.8 Å². The topological polar surface area (TPSA) is 35.5 Å². The van der Waals surface area contributed by atoms with Gasteiger partial charge in [0.1, 0.15) is 0 Å². The molecule has 0 amide bonds. The minimum absolute atomic E-state index is 0.0736. The summed E-state index contributed by atoms with van der Waals surface area (Å²) in [6.45, 7) is 19.6. The van der Waals surface area contributed by atoms with Crippen LogP contribution in [0.25, 0.3) is 0 Å². The van der Waals surface area contributed by atoms with E-state index in [-0.39, 0.29) is 16.9 Å². The summed E-state index contributed by atoms with van der Waals surface area (Å²) in [5, 5.41) is 0. The van der Waals surface area contributed by atoms with Gasteiger partial charge in [-0.25, -0.2) is 0 Å². The number of carbonyl (C=O) groups is 1. The highest BCUT2D eigenvalue weighted by Crippen LogP contribution is 2.55. The zero-order chi connectivity index (χ0) is 22.7. The first-order valence-corrected chi connectivity index (χ1v) is 16.1. The lowest BCUT2D eigenvalue weighted by Gasteiger charge is -2.48. The highest BCUT2D eigenvalue weighted by molar-refractivity contribution is 7.98. The Kier molecular flexibility index (Phi) is 8.31. The Morgan fingerprint density at radius 2 is 2.03 bits per heavy atom. The zero-order valence-electron chi connectivity index (χ0n) is 20.4. The van der Waals surface area contributed by atoms with Crippen LogP contribution < -0.4 is 0 Å². The van der Waals surface area contributed by atoms with Crippen LogP contribution in [0.15, 0.2) is 35.6 Å². The summed E-state index contributed by atoms with van der Waals surface area (Å²) in [5.74, 6) is 2.33. The maximum atomic E-state index is 13.0. The minimum atomic E-state index is -1.77. The molecule has 0 fully saturated rings. The minimum Gasteiger partial charge on any atom is -0.547 e. The molecule has 0 spiro atoms. The van der Waals surface area contributed by atoms with Gasteiger partial charge in [-0.2, -0.15) is 0 Å². The first-order chi connectivity index (χ1) is 13.9. The van der Waals surface area contributed by atoms with Gasteiger partial charge in [-0.3, -0.25) is 4.79 Å². The molecule has 0 radical (unpaired) electrons. The first-order valence-electron chi connectivity index (χ1n) is 11.3. The van der Waals surface area contributed by atoms with Crippen molar-refractivity contribution in [1.82, 2.24) is 0 Å². The standard InChI is InChI=1S/C25H42O3SSi/c1-10-21(28-30(7,8)9)24(4,11-2)16-22(27-17-29-6)25(5)18(3)12-13-19-14-15-20(26)23(19)25/h10-11,18,22H,2,12-17H2,1,3-9H3/b21-10-/t18-,22-,24-,25-/m1/s1. The summed E-state index contributed by atoms with van der Waals surface area (Å²) in [4.78, 5) is 13.0. The van der Waals surface area contributed by atoms with E-state index in [4.69, 9.17) is 9.16 Å². The highest BCUT2D eigenvalue weighted by atomic mass is 32.2. The van der Waals surface area contributed by atoms with E-state index in [2.05, 4.69) is 59.3 Å². The maximum absolute atomic E-state index is 13.0. The van der Waals surface area contributed by atoms with Gasteiger partial charge < -0.3 is 9.16 Å². The molecule has 5 heteroatoms. The van der Waals surface area contributed by atoms with Crippen LogP contribution in [0.4, 0.5) is 0 Å². The predicted octanol–water partition coefficient (Wildman–Crippen LogP) is 7.13. The molecule has 30 heavy (non-hydrogen) atoms. The van der Waals surface area contributed by atoms with Gasteiger partial charge in [0.05, 0.1) is 17.8 Å². The Labute approximate surface area is 189 Å². The largest absolute Gasteiger partial charge is 0.547 e. The lowest BCUT2D eigenvalue weighted by atomic mass is 9.59. The van der Waals surface area contributed by atoms with Gasteiger partial charge in [0.15, 0.2) is 5.78 Å². The van der Waals surface area contributed by atoms with Crippen molar-refractivity contribution >= 4 is 25.9 Å². The quantitative estimate of drug-likeness (QED) is 0.153. The third-order valence-corrected chi connectivity index (χ3v) is 8.29. The zero-order valence-corrected chi connectivity index (χ0v) is 22.2. The Bertz CT molecular complexity index is 720. The van der Waals surface area contributed by atoms with Crippen LogP contribution in [0.3, 0.4) is 0 Å². The number of thioether (sulfide) groups is 1. The summed E-state index contributed by atoms with van der Waals surface area (Å²) in [5.41, 5.74) is 1.83. The number of hydrogen-bond donors (Lipinski definition) is 0. The number of ether oxygens (including phenoxy) is 1. The molecule has 0 saturated carbocycles. The Hall–Kier alpha value is -0.783. The van der Waals surface area contributed by atoms with Crippen LogP contribution in [-0.2, 0) is 14.0 Å². The van der Waals surface area contributed by atoms with E-state index in [0.29, 0.717) is 24.1 Å². The molecule has 4 atom stereocenters. The van der Waals surface area contributed by atoms with Crippen molar-refractivity contribution in [1.29, 1.82) is 0 Å². The average Bonchev–Trinajstić information content (AvgIpc) is 3.07. The van der Waals surface area contributed by atoms with Gasteiger partial charge in [-0.1, -0.05) is 31.6 Å². The van der Waals surface area contributed by atoms with E-state index in [1.807, 2.05) is 13.0 Å². The third kappa shape index (κ3) is 5.16. The monoisotopic (exact) mass is 450 g/mol. The second-order valence-electron chi connectivity index (χ2n) is 10.4. The Balaban J connectivity index is 2.49. The molecule has 2 aliphatic carbocycles. The third-order valence-electron chi connectivity index (χ3n) is 7.08. The molecule has 0 aliphatic heterocycles. The molecule has 2 rings (SSSR count). The fourth-order valence-electron chi connectivity index (χ4n) is 5.16. The van der Waals surface area contributed by atoms with Crippen molar-refractivity contribution in [2.24, 2.45) is 16.7 Å². The van der Waals surface area contributed by atoms with Crippen LogP contribution >= 0.6 is 11.8 Å². The molecule has 0 bridgehead atoms. The normalized spacial score (nSPS) is 28.2. The van der Waals surface area contributed by atoms with Gasteiger partial charge >= 0.3 is 0 Å². The average molecular weight is 451 g/mol. The fourth-order valence-corrected chi connectivity index (χ4v) is 6.47. The number of carbonyl (C=O) groups excluding carboxylic acids is 1. The molecule has 3 nitrogen and oxygen atoms in total. The lowest BCUT2D eigenvalue weighted by Crippen LogP contribution is -2.47. The lowest BCUT2D eigenvalue weighted by molar-refractivity contribution is -0.118. The van der Waals surface area contributed by atoms with E-state index in [9.17, 15) is 4.79 Å². The van der Waals surface area contributed by atoms with Crippen molar-refractivity contribution < 1.29 is 14.0 Å². The Morgan fingerprint density at radius 3 is 2.57 bits per heavy atom. The van der Waals surface area contributed by atoms with Crippen molar-refractivity contribution in [3.05, 3.63) is 35.6 Å². The number of rotatable bonds is 10. The molecule has 0 aromatic heterocycles. The Morgan fingerprint density at radius 1 is 1.37 bits per heavy atom. The van der Waals surface area contributed by atoms with Gasteiger partial charge in [-0.05, 0) is 71.3 Å². The summed E-state index contributed by atoms with van der Waals surface area (Å²) < 4.78 is 13.0. The van der Waals surface area contributed by atoms with Crippen molar-refractivity contribution in [2.45, 2.75) is 85.5 Å². The van der Waals surface area contributed by atoms with Gasteiger partial charge in [0.2, 0.25) is 8.32 Å². The molecule has 0 N–H and O–H groups in total. The second kappa shape index (κ2) is 9.79. The molecule has 0 heterocycles. The molecule has 2 aliphatic rings. The summed E-state index contributed by atoms with van der Waals surface area (Å²) in [6.07, 6.45) is 10.6. The molecule has 0 saturated heterocycles. The molecule has 0 aromatic rings. The predicted molar refractivity (Wildman–Crippen MR) is 132 cm³/mol. The van der Waals surface area contributed by atoms with Gasteiger partial charge in [-0.15, -0.1) is 18.3 Å². The molecule has 0 aromatic carbocycles. The van der Waals surface area contributed by atoms with E-state index >= 15 is 0 Å². The number of Topliss-reactive ketones (excluding diaryl/α,β-unsaturated/α-hetero) is 1. The summed E-state index contributed by atoms with van der Waals surface area (Å²) in [6, 6.07) is 0. The molecule has 170 valence electrons. The number of hydrogen-bond acceptors (Lipinski definition) is 4. The SMILES string of the molecule is C=C[C@](C)(C[C@@H](OCSC)[C@]1(C)C2=C(CCC2=O)CC[C@H]1C)/C(=C/C)O[Si](C)(C)C. The fraction of sp³-hybridized carbons (Fsp3) is 0.720. The van der Waals surface area contributed by atoms with E-state index < -0.39 is 8.32 Å². The number of allylic oxidation sites excluding steroid dienone is 3. The van der Waals surface area contributed by atoms with Gasteiger partial charge in [0.25, 0.3) is 0 Å². The smallest absolute Gasteiger partial charge is 0.241 e. The molecular weight excluding hydrogens is 408 g/mol. The van der Waals surface area contributed by atoms with Crippen LogP contribution in [0.2, 0.25) is 19.6 Å². The van der Waals surface area contributed by atoms with Crippen molar-refractivity contribution in [3.63, 3.8) is 0 Å². The molecular formula is C25H42O3SSi. The number of ketones is 1. The first kappa shape index (κ1) is 25.5. The van der Waals surface area contributed by atoms with Crippen LogP contribution in [0.5, 0.6) is 0 Å². The van der Waals surface area contributed by atoms with E-state index in [1.165, 1.54) is 5.57 Å². The van der Waals surface area contributed by atoms with E-state index in [1.54, 1.807) is 11.8 Å². The van der Waals surface area contributed by atoms with Crippen molar-refractivity contribution in [3.8, 4) is 0 Å². The van der Waals surface area contributed by atoms with Crippen LogP contribution in [0.1, 0.15) is 59.8 Å². The summed E-state index contributed by atoms with van der Waals surface area (Å²) in [7, 11) is -1.77. The summed E-state index contributed by atoms with van der Waals surface area (Å²) >= 11 is 1.69. The van der Waals surface area contributed by atoms with Crippen molar-refractivity contribution in [2.75, 3.05) is 12.2 Å². The highest BCUT2D eigenvalue weighted by Gasteiger charge is 2.52. The second-order valence-corrected chi connectivity index (χ2v) is 15.6. The van der Waals surface area contributed by atoms with Crippen LogP contribution in [0, 0.1) is 16.7 Å². The van der Waals surface area contributed by atoms with E-state index in [0.717, 1.165) is 37.0 Å². The maximum Gasteiger partial charge on any atom is 0.241 e. The van der Waals surface area contributed by atoms with Crippen LogP contribution in [-0.4, -0.2) is 32.4 Å².